The molecule has 78 valence electrons. The molecule has 14 heavy (non-hydrogen) atoms. The Kier molecular flexibility index (Phi) is 3.62. The second kappa shape index (κ2) is 4.54. The first-order chi connectivity index (χ1) is 6.56. The molecule has 0 amide bonds. The summed E-state index contributed by atoms with van der Waals surface area (Å²) < 4.78 is 26.2. The van der Waals surface area contributed by atoms with Gasteiger partial charge in [-0.3, -0.25) is 0 Å². The smallest absolute Gasteiger partial charge is 0.101 e. The average molecular weight is 214 g/mol. The lowest BCUT2D eigenvalue weighted by molar-refractivity contribution is 0.314. The topological polar surface area (TPSA) is 68.5 Å². The number of aliphatic hydroxyl groups is 1. The summed E-state index contributed by atoms with van der Waals surface area (Å²) in [5.41, 5.74) is 0.992. The van der Waals surface area contributed by atoms with Gasteiger partial charge in [0.25, 0.3) is 0 Å². The number of hydrogen-bond acceptors (Lipinski definition) is 3. The van der Waals surface area contributed by atoms with Crippen LogP contribution in [-0.2, 0) is 10.0 Å². The number of sulfonamides is 1. The first-order valence-electron chi connectivity index (χ1n) is 4.17. The standard InChI is InChI=1S/C9H12NO3S/c1-8-2-4-9(5-3-8)14(12,13)10-6-7-11/h2-5,11H,6-7H2,1H3/q-1. The van der Waals surface area contributed by atoms with Crippen LogP contribution in [-0.4, -0.2) is 26.7 Å². The molecule has 0 aromatic heterocycles. The second-order valence-corrected chi connectivity index (χ2v) is 4.54. The molecule has 4 nitrogen and oxygen atoms in total. The van der Waals surface area contributed by atoms with Crippen molar-refractivity contribution in [2.45, 2.75) is 11.8 Å². The van der Waals surface area contributed by atoms with E-state index in [0.29, 0.717) is 0 Å². The summed E-state index contributed by atoms with van der Waals surface area (Å²) in [7, 11) is -3.57. The van der Waals surface area contributed by atoms with Crippen LogP contribution < -0.4 is 0 Å². The Labute approximate surface area is 83.6 Å². The van der Waals surface area contributed by atoms with E-state index in [2.05, 4.69) is 4.72 Å². The van der Waals surface area contributed by atoms with Crippen molar-refractivity contribution in [3.63, 3.8) is 0 Å². The van der Waals surface area contributed by atoms with Crippen LogP contribution in [0.5, 0.6) is 0 Å². The quantitative estimate of drug-likeness (QED) is 0.814. The number of aryl methyl sites for hydroxylation is 1. The SMILES string of the molecule is Cc1ccc(S(=O)(=O)[N-]CCO)cc1. The second-order valence-electron chi connectivity index (χ2n) is 2.86. The third-order valence-corrected chi connectivity index (χ3v) is 3.07. The van der Waals surface area contributed by atoms with Crippen molar-refractivity contribution >= 4 is 10.0 Å². The third-order valence-electron chi connectivity index (χ3n) is 1.68. The Balaban J connectivity index is 2.87. The molecule has 1 aromatic carbocycles. The first kappa shape index (κ1) is 11.2. The largest absolute Gasteiger partial charge is 0.543 e. The number of rotatable bonds is 4. The minimum atomic E-state index is -3.57. The fourth-order valence-electron chi connectivity index (χ4n) is 0.946. The fourth-order valence-corrected chi connectivity index (χ4v) is 1.90. The summed E-state index contributed by atoms with van der Waals surface area (Å²) in [6.07, 6.45) is 0. The first-order valence-corrected chi connectivity index (χ1v) is 5.61. The van der Waals surface area contributed by atoms with E-state index >= 15 is 0 Å². The summed E-state index contributed by atoms with van der Waals surface area (Å²) in [5.74, 6) is 0. The molecule has 0 saturated heterocycles. The van der Waals surface area contributed by atoms with Gasteiger partial charge in [-0.05, 0) is 19.1 Å². The van der Waals surface area contributed by atoms with Crippen LogP contribution in [0.25, 0.3) is 4.72 Å². The molecule has 0 aliphatic rings. The van der Waals surface area contributed by atoms with Gasteiger partial charge < -0.3 is 9.83 Å². The number of benzene rings is 1. The maximum Gasteiger partial charge on any atom is 0.101 e. The molecule has 5 heteroatoms. The minimum Gasteiger partial charge on any atom is -0.543 e. The predicted molar refractivity (Wildman–Crippen MR) is 53.7 cm³/mol. The van der Waals surface area contributed by atoms with Gasteiger partial charge in [-0.2, -0.15) is 0 Å². The van der Waals surface area contributed by atoms with Gasteiger partial charge in [0.1, 0.15) is 10.0 Å². The average Bonchev–Trinajstić information content (AvgIpc) is 2.16. The molecule has 0 unspecified atom stereocenters. The highest BCUT2D eigenvalue weighted by Crippen LogP contribution is 2.16. The van der Waals surface area contributed by atoms with Crippen molar-refractivity contribution in [1.29, 1.82) is 0 Å². The highest BCUT2D eigenvalue weighted by molar-refractivity contribution is 7.94. The summed E-state index contributed by atoms with van der Waals surface area (Å²) in [5, 5.41) is 8.46. The molecule has 0 fully saturated rings. The lowest BCUT2D eigenvalue weighted by Crippen LogP contribution is -2.03. The number of hydrogen-bond donors (Lipinski definition) is 1. The molecule has 0 atom stereocenters. The van der Waals surface area contributed by atoms with Crippen LogP contribution in [0.2, 0.25) is 0 Å². The zero-order valence-electron chi connectivity index (χ0n) is 7.84. The Bertz CT molecular complexity index is 383. The van der Waals surface area contributed by atoms with Gasteiger partial charge in [-0.1, -0.05) is 17.7 Å². The van der Waals surface area contributed by atoms with Gasteiger partial charge in [0.15, 0.2) is 0 Å². The summed E-state index contributed by atoms with van der Waals surface area (Å²) >= 11 is 0. The molecular weight excluding hydrogens is 202 g/mol. The lowest BCUT2D eigenvalue weighted by Gasteiger charge is -2.18. The van der Waals surface area contributed by atoms with Crippen LogP contribution >= 0.6 is 0 Å². The predicted octanol–water partition coefficient (Wildman–Crippen LogP) is 1.05. The molecule has 0 heterocycles. The Morgan fingerprint density at radius 3 is 2.36 bits per heavy atom. The molecule has 0 aliphatic heterocycles. The number of aliphatic hydroxyl groups excluding tert-OH is 1. The Hall–Kier alpha value is -0.910. The van der Waals surface area contributed by atoms with Crippen LogP contribution in [0.4, 0.5) is 0 Å². The van der Waals surface area contributed by atoms with Crippen LogP contribution in [0.15, 0.2) is 29.2 Å². The summed E-state index contributed by atoms with van der Waals surface area (Å²) in [6.45, 7) is 1.53. The molecule has 0 spiro atoms. The van der Waals surface area contributed by atoms with E-state index < -0.39 is 10.0 Å². The zero-order valence-corrected chi connectivity index (χ0v) is 8.66. The van der Waals surface area contributed by atoms with E-state index in [9.17, 15) is 8.42 Å². The Morgan fingerprint density at radius 2 is 1.86 bits per heavy atom. The van der Waals surface area contributed by atoms with E-state index in [1.165, 1.54) is 12.1 Å². The minimum absolute atomic E-state index is 0.0871. The fraction of sp³-hybridized carbons (Fsp3) is 0.333. The molecule has 1 rings (SSSR count). The molecular formula is C9H12NO3S-. The highest BCUT2D eigenvalue weighted by atomic mass is 32.2. The van der Waals surface area contributed by atoms with Gasteiger partial charge >= 0.3 is 0 Å². The highest BCUT2D eigenvalue weighted by Gasteiger charge is 2.02. The number of nitrogens with zero attached hydrogens (tertiary/aromatic N) is 1. The van der Waals surface area contributed by atoms with E-state index in [1.54, 1.807) is 12.1 Å². The van der Waals surface area contributed by atoms with Gasteiger partial charge in [-0.15, -0.1) is 6.54 Å². The van der Waals surface area contributed by atoms with Crippen molar-refractivity contribution in [2.75, 3.05) is 13.2 Å². The molecule has 0 saturated carbocycles. The third kappa shape index (κ3) is 2.80. The monoisotopic (exact) mass is 214 g/mol. The summed E-state index contributed by atoms with van der Waals surface area (Å²) in [6, 6.07) is 6.43. The van der Waals surface area contributed by atoms with Crippen LogP contribution in [0.3, 0.4) is 0 Å². The van der Waals surface area contributed by atoms with Gasteiger partial charge in [-0.25, -0.2) is 8.42 Å². The van der Waals surface area contributed by atoms with Crippen molar-refractivity contribution in [1.82, 2.24) is 0 Å². The van der Waals surface area contributed by atoms with Crippen molar-refractivity contribution in [2.24, 2.45) is 0 Å². The Morgan fingerprint density at radius 1 is 1.29 bits per heavy atom. The van der Waals surface area contributed by atoms with E-state index in [-0.39, 0.29) is 18.0 Å². The van der Waals surface area contributed by atoms with Crippen molar-refractivity contribution < 1.29 is 13.5 Å². The summed E-state index contributed by atoms with van der Waals surface area (Å²) in [4.78, 5) is 0.163. The normalized spacial score (nSPS) is 11.6. The van der Waals surface area contributed by atoms with Crippen molar-refractivity contribution in [3.05, 3.63) is 34.6 Å². The molecule has 0 bridgehead atoms. The molecule has 0 radical (unpaired) electrons. The van der Waals surface area contributed by atoms with E-state index in [0.717, 1.165) is 5.56 Å². The maximum atomic E-state index is 11.4. The molecule has 0 aliphatic carbocycles. The van der Waals surface area contributed by atoms with Gasteiger partial charge in [0, 0.05) is 11.5 Å². The van der Waals surface area contributed by atoms with Crippen LogP contribution in [0, 0.1) is 6.92 Å². The van der Waals surface area contributed by atoms with Crippen LogP contribution in [0.1, 0.15) is 5.56 Å². The van der Waals surface area contributed by atoms with Crippen molar-refractivity contribution in [3.8, 4) is 0 Å². The molecule has 1 aromatic rings. The van der Waals surface area contributed by atoms with E-state index in [1.807, 2.05) is 6.92 Å². The van der Waals surface area contributed by atoms with Gasteiger partial charge in [0.05, 0.1) is 0 Å². The zero-order chi connectivity index (χ0) is 10.6. The maximum absolute atomic E-state index is 11.4. The molecule has 1 N–H and O–H groups in total. The van der Waals surface area contributed by atoms with E-state index in [4.69, 9.17) is 5.11 Å². The van der Waals surface area contributed by atoms with Gasteiger partial charge in [0.2, 0.25) is 0 Å². The lowest BCUT2D eigenvalue weighted by atomic mass is 10.2.